The van der Waals surface area contributed by atoms with Gasteiger partial charge in [-0.25, -0.2) is 9.97 Å². The second-order valence-electron chi connectivity index (χ2n) is 15.9. The molecule has 14 heteroatoms. The van der Waals surface area contributed by atoms with Crippen LogP contribution in [0.3, 0.4) is 0 Å². The first-order valence-electron chi connectivity index (χ1n) is 21.3. The van der Waals surface area contributed by atoms with E-state index in [9.17, 15) is 9.59 Å². The number of hydrogen-bond donors (Lipinski definition) is 0. The number of benzene rings is 3. The van der Waals surface area contributed by atoms with Crippen LogP contribution in [0.1, 0.15) is 75.1 Å². The molecular weight excluding hydrogens is 833 g/mol. The molecule has 64 heavy (non-hydrogen) atoms. The second kappa shape index (κ2) is 21.7. The van der Waals surface area contributed by atoms with Gasteiger partial charge in [-0.1, -0.05) is 65.8 Å². The van der Waals surface area contributed by atoms with E-state index in [4.69, 9.17) is 32.7 Å². The molecule has 336 valence electrons. The van der Waals surface area contributed by atoms with Gasteiger partial charge >= 0.3 is 11.9 Å². The van der Waals surface area contributed by atoms with Crippen LogP contribution in [-0.4, -0.2) is 60.3 Å². The number of hydrogen-bond acceptors (Lipinski definition) is 14. The number of nitrogens with zero attached hydrogens (tertiary/aromatic N) is 4. The van der Waals surface area contributed by atoms with Crippen molar-refractivity contribution >= 4 is 34.7 Å². The molecule has 0 bridgehead atoms. The summed E-state index contributed by atoms with van der Waals surface area (Å²) < 4.78 is 29.7. The van der Waals surface area contributed by atoms with Gasteiger partial charge in [-0.2, -0.15) is 0 Å². The Morgan fingerprint density at radius 3 is 1.69 bits per heavy atom. The van der Waals surface area contributed by atoms with Crippen LogP contribution in [0.15, 0.2) is 116 Å². The molecule has 0 amide bonds. The van der Waals surface area contributed by atoms with Crippen molar-refractivity contribution in [1.29, 1.82) is 0 Å². The molecule has 0 aliphatic rings. The Labute approximate surface area is 378 Å². The van der Waals surface area contributed by atoms with E-state index in [-0.39, 0.29) is 12.8 Å². The molecule has 2 atom stereocenters. The first kappa shape index (κ1) is 47.0. The van der Waals surface area contributed by atoms with Crippen LogP contribution in [0.25, 0.3) is 22.2 Å². The van der Waals surface area contributed by atoms with Crippen molar-refractivity contribution in [2.75, 3.05) is 26.9 Å². The Morgan fingerprint density at radius 1 is 0.672 bits per heavy atom. The molecule has 6 aromatic rings. The minimum absolute atomic E-state index is 0.164. The maximum atomic E-state index is 14.3. The normalized spacial score (nSPS) is 13.8. The summed E-state index contributed by atoms with van der Waals surface area (Å²) >= 11 is 1.58. The summed E-state index contributed by atoms with van der Waals surface area (Å²) in [5, 5.41) is 10.4. The summed E-state index contributed by atoms with van der Waals surface area (Å²) in [4.78, 5) is 49.5. The third-order valence-corrected chi connectivity index (χ3v) is 12.0. The predicted molar refractivity (Wildman–Crippen MR) is 247 cm³/mol. The summed E-state index contributed by atoms with van der Waals surface area (Å²) in [7, 11) is 1.40. The third-order valence-electron chi connectivity index (χ3n) is 11.1. The van der Waals surface area contributed by atoms with E-state index in [1.165, 1.54) is 7.11 Å². The highest BCUT2D eigenvalue weighted by Gasteiger charge is 2.45. The lowest BCUT2D eigenvalue weighted by molar-refractivity contribution is -0.168. The number of ether oxygens (including phenoxy) is 3. The van der Waals surface area contributed by atoms with Crippen molar-refractivity contribution in [1.82, 2.24) is 9.97 Å². The molecule has 3 heterocycles. The fourth-order valence-electron chi connectivity index (χ4n) is 6.86. The smallest absolute Gasteiger partial charge is 0.325 e. The zero-order chi connectivity index (χ0) is 45.7. The van der Waals surface area contributed by atoms with Crippen molar-refractivity contribution in [3.63, 3.8) is 0 Å². The molecule has 2 unspecified atom stereocenters. The topological polar surface area (TPSA) is 157 Å². The van der Waals surface area contributed by atoms with Gasteiger partial charge in [0.25, 0.3) is 0 Å². The van der Waals surface area contributed by atoms with E-state index >= 15 is 0 Å². The average molecular weight is 889 g/mol. The Bertz CT molecular complexity index is 2510. The second-order valence-corrected chi connectivity index (χ2v) is 16.9. The number of rotatable bonds is 22. The van der Waals surface area contributed by atoms with Crippen molar-refractivity contribution in [3.8, 4) is 33.7 Å². The van der Waals surface area contributed by atoms with Crippen molar-refractivity contribution in [3.05, 3.63) is 130 Å². The molecule has 6 rings (SSSR count). The fourth-order valence-corrected chi connectivity index (χ4v) is 7.51. The maximum absolute atomic E-state index is 14.3. The first-order valence-corrected chi connectivity index (χ1v) is 22.2. The van der Waals surface area contributed by atoms with E-state index in [0.717, 1.165) is 50.9 Å². The molecule has 3 aromatic carbocycles. The summed E-state index contributed by atoms with van der Waals surface area (Å²) in [5.74, 6) is 2.44. The van der Waals surface area contributed by atoms with Gasteiger partial charge in [-0.3, -0.25) is 9.59 Å². The Hall–Kier alpha value is -6.54. The van der Waals surface area contributed by atoms with Gasteiger partial charge in [0.05, 0.1) is 40.9 Å². The molecule has 0 aliphatic carbocycles. The quantitative estimate of drug-likeness (QED) is 0.0210. The standard InChI is InChI=1S/C50H56N4O9S/c1-9-27-60-54-36(5)50(7,32-38-19-23-40(24-20-38)58-28-25-42-33(2)61-45(51-42)39-14-11-10-12-15-39)48(56)63-47(55)49(6,35(4)53-57-8)31-37-17-21-41(22-18-37)59-29-26-43-34(3)62-46(52-43)44-16-13-30-64-44/h10-24,30H,9,25-29,31-32H2,1-8H3. The van der Waals surface area contributed by atoms with Gasteiger partial charge in [0.2, 0.25) is 11.8 Å². The van der Waals surface area contributed by atoms with Gasteiger partial charge in [0.1, 0.15) is 47.6 Å². The van der Waals surface area contributed by atoms with Crippen LogP contribution in [-0.2, 0) is 49.7 Å². The number of aryl methyl sites for hydroxylation is 2. The number of thiophene rings is 1. The van der Waals surface area contributed by atoms with Crippen LogP contribution in [0.2, 0.25) is 0 Å². The van der Waals surface area contributed by atoms with E-state index in [2.05, 4.69) is 20.3 Å². The summed E-state index contributed by atoms with van der Waals surface area (Å²) in [6.45, 7) is 13.7. The van der Waals surface area contributed by atoms with Crippen LogP contribution in [0.5, 0.6) is 11.5 Å². The minimum Gasteiger partial charge on any atom is -0.493 e. The van der Waals surface area contributed by atoms with E-state index in [1.807, 2.05) is 117 Å². The van der Waals surface area contributed by atoms with Gasteiger partial charge < -0.3 is 32.7 Å². The van der Waals surface area contributed by atoms with Gasteiger partial charge in [0, 0.05) is 18.4 Å². The maximum Gasteiger partial charge on any atom is 0.325 e. The van der Waals surface area contributed by atoms with E-state index in [0.29, 0.717) is 67.4 Å². The lowest BCUT2D eigenvalue weighted by Crippen LogP contribution is -2.45. The van der Waals surface area contributed by atoms with Crippen molar-refractivity contribution in [2.45, 2.75) is 80.6 Å². The van der Waals surface area contributed by atoms with Crippen molar-refractivity contribution < 1.29 is 42.3 Å². The molecule has 0 spiro atoms. The fraction of sp³-hybridized carbons (Fsp3) is 0.360. The summed E-state index contributed by atoms with van der Waals surface area (Å²) in [6.07, 6.45) is 2.19. The first-order chi connectivity index (χ1) is 30.8. The molecule has 0 saturated carbocycles. The lowest BCUT2D eigenvalue weighted by atomic mass is 9.78. The zero-order valence-electron chi connectivity index (χ0n) is 37.8. The number of carbonyl (C=O) groups is 2. The zero-order valence-corrected chi connectivity index (χ0v) is 38.6. The number of oxazole rings is 2. The Morgan fingerprint density at radius 2 is 1.19 bits per heavy atom. The number of esters is 2. The van der Waals surface area contributed by atoms with Gasteiger partial charge in [0.15, 0.2) is 0 Å². The predicted octanol–water partition coefficient (Wildman–Crippen LogP) is 10.6. The summed E-state index contributed by atoms with van der Waals surface area (Å²) in [6, 6.07) is 28.6. The summed E-state index contributed by atoms with van der Waals surface area (Å²) in [5.41, 5.74) is 2.11. The molecular formula is C50H56N4O9S. The molecule has 0 N–H and O–H groups in total. The van der Waals surface area contributed by atoms with E-state index in [1.54, 1.807) is 39.0 Å². The molecule has 13 nitrogen and oxygen atoms in total. The lowest BCUT2D eigenvalue weighted by Gasteiger charge is -2.30. The highest BCUT2D eigenvalue weighted by atomic mass is 32.1. The molecule has 0 radical (unpaired) electrons. The van der Waals surface area contributed by atoms with Crippen LogP contribution < -0.4 is 9.47 Å². The average Bonchev–Trinajstić information content (AvgIpc) is 4.06. The van der Waals surface area contributed by atoms with Crippen LogP contribution >= 0.6 is 11.3 Å². The van der Waals surface area contributed by atoms with Gasteiger partial charge in [-0.05, 0) is 120 Å². The number of carbonyl (C=O) groups excluding carboxylic acids is 2. The Balaban J connectivity index is 1.10. The number of oxime groups is 2. The largest absolute Gasteiger partial charge is 0.493 e. The van der Waals surface area contributed by atoms with E-state index < -0.39 is 22.8 Å². The Kier molecular flexibility index (Phi) is 15.9. The highest BCUT2D eigenvalue weighted by molar-refractivity contribution is 7.13. The molecule has 3 aromatic heterocycles. The van der Waals surface area contributed by atoms with Crippen molar-refractivity contribution in [2.24, 2.45) is 21.1 Å². The number of aromatic nitrogens is 2. The minimum atomic E-state index is -1.38. The molecule has 0 fully saturated rings. The van der Waals surface area contributed by atoms with Crippen LogP contribution in [0.4, 0.5) is 0 Å². The highest BCUT2D eigenvalue weighted by Crippen LogP contribution is 2.33. The monoisotopic (exact) mass is 888 g/mol. The van der Waals surface area contributed by atoms with Gasteiger partial charge in [-0.15, -0.1) is 11.3 Å². The molecule has 0 aliphatic heterocycles. The molecule has 0 saturated heterocycles. The third kappa shape index (κ3) is 11.7. The van der Waals surface area contributed by atoms with Crippen LogP contribution in [0, 0.1) is 24.7 Å². The SMILES string of the molecule is CCCON=C(C)C(C)(Cc1ccc(OCCc2nc(-c3ccccc3)oc2C)cc1)C(=O)OC(=O)C(C)(Cc1ccc(OCCc2nc(-c3cccs3)oc2C)cc1)C(C)=NOC.